The first-order valence-electron chi connectivity index (χ1n) is 6.20. The van der Waals surface area contributed by atoms with Crippen molar-refractivity contribution < 1.29 is 9.53 Å². The molecule has 1 aliphatic rings. The Kier molecular flexibility index (Phi) is 2.47. The van der Waals surface area contributed by atoms with Crippen LogP contribution in [0.5, 0.6) is 0 Å². The maximum atomic E-state index is 11.9. The summed E-state index contributed by atoms with van der Waals surface area (Å²) in [6.07, 6.45) is 5.26. The van der Waals surface area contributed by atoms with Gasteiger partial charge >= 0.3 is 5.97 Å². The molecule has 0 atom stereocenters. The van der Waals surface area contributed by atoms with Gasteiger partial charge in [0.15, 0.2) is 0 Å². The third kappa shape index (κ3) is 1.47. The number of hydrogen-bond donors (Lipinski definition) is 1. The van der Waals surface area contributed by atoms with Crippen LogP contribution in [0.3, 0.4) is 0 Å². The molecular formula is C15H15NO2. The van der Waals surface area contributed by atoms with Gasteiger partial charge in [0.1, 0.15) is 5.69 Å². The zero-order valence-electron chi connectivity index (χ0n) is 10.5. The lowest BCUT2D eigenvalue weighted by molar-refractivity contribution is 0.0520. The molecule has 0 bridgehead atoms. The summed E-state index contributed by atoms with van der Waals surface area (Å²) in [6, 6.07) is 4.15. The van der Waals surface area contributed by atoms with Crippen LogP contribution in [0.1, 0.15) is 34.1 Å². The number of fused-ring (bicyclic) bond motifs is 3. The van der Waals surface area contributed by atoms with Crippen molar-refractivity contribution in [3.63, 3.8) is 0 Å². The summed E-state index contributed by atoms with van der Waals surface area (Å²) in [5.74, 6) is -0.276. The smallest absolute Gasteiger partial charge is 0.355 e. The van der Waals surface area contributed by atoms with E-state index < -0.39 is 0 Å². The highest BCUT2D eigenvalue weighted by atomic mass is 16.5. The summed E-state index contributed by atoms with van der Waals surface area (Å²) in [4.78, 5) is 15.0. The number of benzene rings is 1. The third-order valence-electron chi connectivity index (χ3n) is 3.45. The number of ether oxygens (including phenoxy) is 1. The fourth-order valence-corrected chi connectivity index (χ4v) is 2.60. The highest BCUT2D eigenvalue weighted by Crippen LogP contribution is 2.32. The van der Waals surface area contributed by atoms with Gasteiger partial charge in [-0.1, -0.05) is 18.2 Å². The highest BCUT2D eigenvalue weighted by Gasteiger charge is 2.19. The van der Waals surface area contributed by atoms with Gasteiger partial charge in [0, 0.05) is 10.9 Å². The van der Waals surface area contributed by atoms with Gasteiger partial charge in [-0.3, -0.25) is 0 Å². The molecule has 3 heteroatoms. The number of allylic oxidation sites excluding steroid dienone is 1. The van der Waals surface area contributed by atoms with Crippen molar-refractivity contribution in [1.82, 2.24) is 4.98 Å². The Morgan fingerprint density at radius 2 is 2.28 bits per heavy atom. The molecule has 92 valence electrons. The molecule has 0 saturated carbocycles. The molecule has 1 aliphatic carbocycles. The van der Waals surface area contributed by atoms with E-state index in [1.54, 1.807) is 0 Å². The molecule has 18 heavy (non-hydrogen) atoms. The Labute approximate surface area is 105 Å². The van der Waals surface area contributed by atoms with Gasteiger partial charge in [-0.25, -0.2) is 4.79 Å². The maximum absolute atomic E-state index is 11.9. The van der Waals surface area contributed by atoms with Gasteiger partial charge in [-0.2, -0.15) is 0 Å². The van der Waals surface area contributed by atoms with Crippen molar-refractivity contribution in [3.05, 3.63) is 40.6 Å². The van der Waals surface area contributed by atoms with Crippen molar-refractivity contribution in [3.8, 4) is 0 Å². The Hall–Kier alpha value is -2.03. The Bertz CT molecular complexity index is 665. The lowest BCUT2D eigenvalue weighted by Gasteiger charge is -2.02. The molecule has 1 N–H and O–H groups in total. The highest BCUT2D eigenvalue weighted by molar-refractivity contribution is 6.02. The molecule has 0 unspecified atom stereocenters. The van der Waals surface area contributed by atoms with Gasteiger partial charge in [-0.15, -0.1) is 0 Å². The van der Waals surface area contributed by atoms with Crippen molar-refractivity contribution >= 4 is 22.9 Å². The van der Waals surface area contributed by atoms with E-state index in [9.17, 15) is 4.79 Å². The predicted octanol–water partition coefficient (Wildman–Crippen LogP) is 3.22. The van der Waals surface area contributed by atoms with Gasteiger partial charge in [0.25, 0.3) is 0 Å². The summed E-state index contributed by atoms with van der Waals surface area (Å²) >= 11 is 0. The fourth-order valence-electron chi connectivity index (χ4n) is 2.60. The fraction of sp³-hybridized carbons (Fsp3) is 0.267. The summed E-state index contributed by atoms with van der Waals surface area (Å²) in [5, 5.41) is 1.14. The monoisotopic (exact) mass is 241 g/mol. The topological polar surface area (TPSA) is 42.1 Å². The lowest BCUT2D eigenvalue weighted by atomic mass is 10.0. The molecule has 1 aromatic heterocycles. The number of H-pyrrole nitrogens is 1. The number of carbonyl (C=O) groups is 1. The molecular weight excluding hydrogens is 226 g/mol. The first-order chi connectivity index (χ1) is 8.72. The Morgan fingerprint density at radius 3 is 3.06 bits per heavy atom. The minimum atomic E-state index is -0.276. The van der Waals surface area contributed by atoms with E-state index in [-0.39, 0.29) is 5.97 Å². The van der Waals surface area contributed by atoms with Crippen LogP contribution in [-0.2, 0) is 11.2 Å². The minimum Gasteiger partial charge on any atom is -0.461 e. The lowest BCUT2D eigenvalue weighted by Crippen LogP contribution is -2.06. The number of carbonyl (C=O) groups excluding carboxylic acids is 1. The molecule has 0 spiro atoms. The van der Waals surface area contributed by atoms with Crippen LogP contribution in [0.15, 0.2) is 18.2 Å². The van der Waals surface area contributed by atoms with Crippen LogP contribution in [-0.4, -0.2) is 17.6 Å². The second-order valence-corrected chi connectivity index (χ2v) is 4.51. The maximum Gasteiger partial charge on any atom is 0.355 e. The molecule has 0 aliphatic heterocycles. The Morgan fingerprint density at radius 1 is 1.44 bits per heavy atom. The molecule has 0 saturated heterocycles. The standard InChI is InChI=1S/C15H15NO2/c1-3-18-15(17)14-9(2)13-11-6-4-5-10(11)7-8-12(13)16-14/h4,6-8,16H,3,5H2,1-2H3. The van der Waals surface area contributed by atoms with E-state index in [1.807, 2.05) is 19.9 Å². The normalized spacial score (nSPS) is 13.0. The van der Waals surface area contributed by atoms with E-state index in [4.69, 9.17) is 4.74 Å². The summed E-state index contributed by atoms with van der Waals surface area (Å²) in [6.45, 7) is 4.18. The quantitative estimate of drug-likeness (QED) is 0.820. The number of aromatic nitrogens is 1. The molecule has 0 radical (unpaired) electrons. The van der Waals surface area contributed by atoms with Crippen molar-refractivity contribution in [2.24, 2.45) is 0 Å². The van der Waals surface area contributed by atoms with Crippen LogP contribution in [0.4, 0.5) is 0 Å². The third-order valence-corrected chi connectivity index (χ3v) is 3.45. The predicted molar refractivity (Wildman–Crippen MR) is 71.7 cm³/mol. The largest absolute Gasteiger partial charge is 0.461 e. The average molecular weight is 241 g/mol. The zero-order valence-corrected chi connectivity index (χ0v) is 10.5. The molecule has 0 amide bonds. The van der Waals surface area contributed by atoms with Crippen LogP contribution >= 0.6 is 0 Å². The van der Waals surface area contributed by atoms with E-state index in [0.29, 0.717) is 12.3 Å². The molecule has 1 heterocycles. The van der Waals surface area contributed by atoms with Crippen LogP contribution in [0, 0.1) is 6.92 Å². The summed E-state index contributed by atoms with van der Waals surface area (Å²) in [5.41, 5.74) is 5.10. The first-order valence-corrected chi connectivity index (χ1v) is 6.20. The van der Waals surface area contributed by atoms with Gasteiger partial charge in [0.2, 0.25) is 0 Å². The summed E-state index contributed by atoms with van der Waals surface area (Å²) in [7, 11) is 0. The number of aryl methyl sites for hydroxylation is 1. The minimum absolute atomic E-state index is 0.276. The number of rotatable bonds is 2. The van der Waals surface area contributed by atoms with Gasteiger partial charge < -0.3 is 9.72 Å². The van der Waals surface area contributed by atoms with Crippen molar-refractivity contribution in [1.29, 1.82) is 0 Å². The number of aromatic amines is 1. The molecule has 1 aromatic carbocycles. The van der Waals surface area contributed by atoms with E-state index in [1.165, 1.54) is 11.1 Å². The molecule has 0 fully saturated rings. The van der Waals surface area contributed by atoms with E-state index >= 15 is 0 Å². The van der Waals surface area contributed by atoms with E-state index in [0.717, 1.165) is 22.9 Å². The average Bonchev–Trinajstić information content (AvgIpc) is 2.93. The molecule has 3 rings (SSSR count). The van der Waals surface area contributed by atoms with Crippen molar-refractivity contribution in [2.75, 3.05) is 6.61 Å². The van der Waals surface area contributed by atoms with Crippen LogP contribution in [0.25, 0.3) is 17.0 Å². The van der Waals surface area contributed by atoms with Gasteiger partial charge in [0.05, 0.1) is 6.61 Å². The second kappa shape index (κ2) is 4.02. The first kappa shape index (κ1) is 11.1. The zero-order chi connectivity index (χ0) is 12.7. The molecule has 2 aromatic rings. The molecule has 3 nitrogen and oxygen atoms in total. The SMILES string of the molecule is CCOC(=O)c1[nH]c2ccc3c(c2c1C)C=CC3. The number of hydrogen-bond acceptors (Lipinski definition) is 2. The van der Waals surface area contributed by atoms with E-state index in [2.05, 4.69) is 23.2 Å². The second-order valence-electron chi connectivity index (χ2n) is 4.51. The number of nitrogens with one attached hydrogen (secondary N) is 1. The summed E-state index contributed by atoms with van der Waals surface area (Å²) < 4.78 is 5.07. The van der Waals surface area contributed by atoms with Crippen molar-refractivity contribution in [2.45, 2.75) is 20.3 Å². The number of esters is 1. The Balaban J connectivity index is 2.23. The van der Waals surface area contributed by atoms with Crippen LogP contribution < -0.4 is 0 Å². The van der Waals surface area contributed by atoms with Crippen LogP contribution in [0.2, 0.25) is 0 Å². The van der Waals surface area contributed by atoms with Gasteiger partial charge in [-0.05, 0) is 43.0 Å².